The molecule has 0 aliphatic heterocycles. The molecule has 2 N–H and O–H groups in total. The zero-order chi connectivity index (χ0) is 23.3. The molecule has 0 aliphatic rings. The van der Waals surface area contributed by atoms with Gasteiger partial charge < -0.3 is 24.8 Å². The van der Waals surface area contributed by atoms with Crippen LogP contribution in [0.5, 0.6) is 17.2 Å². The zero-order valence-corrected chi connectivity index (χ0v) is 17.9. The lowest BCUT2D eigenvalue weighted by Crippen LogP contribution is -2.17. The monoisotopic (exact) mass is 448 g/mol. The molecule has 32 heavy (non-hydrogen) atoms. The topological polar surface area (TPSA) is 77.5 Å². The van der Waals surface area contributed by atoms with E-state index in [0.29, 0.717) is 40.2 Å². The molecule has 1 heterocycles. The molecule has 0 fully saturated rings. The van der Waals surface area contributed by atoms with Crippen LogP contribution in [-0.4, -0.2) is 36.6 Å². The first kappa shape index (κ1) is 23.0. The third-order valence-electron chi connectivity index (χ3n) is 4.16. The van der Waals surface area contributed by atoms with Crippen molar-refractivity contribution in [2.45, 2.75) is 26.3 Å². The Morgan fingerprint density at radius 2 is 1.66 bits per heavy atom. The van der Waals surface area contributed by atoms with Gasteiger partial charge in [0, 0.05) is 29.4 Å². The van der Waals surface area contributed by atoms with E-state index < -0.39 is 6.36 Å². The molecule has 10 heteroatoms. The second-order valence-corrected chi connectivity index (χ2v) is 7.03. The fourth-order valence-corrected chi connectivity index (χ4v) is 2.90. The molecule has 2 aromatic carbocycles. The van der Waals surface area contributed by atoms with Gasteiger partial charge in [0.25, 0.3) is 0 Å². The average Bonchev–Trinajstić information content (AvgIpc) is 2.72. The number of methoxy groups -OCH3 is 2. The smallest absolute Gasteiger partial charge is 0.493 e. The lowest BCUT2D eigenvalue weighted by atomic mass is 10.1. The maximum atomic E-state index is 12.6. The molecular weight excluding hydrogens is 425 g/mol. The second kappa shape index (κ2) is 9.63. The Kier molecular flexibility index (Phi) is 6.92. The van der Waals surface area contributed by atoms with Crippen LogP contribution >= 0.6 is 0 Å². The van der Waals surface area contributed by atoms with E-state index in [-0.39, 0.29) is 11.8 Å². The maximum absolute atomic E-state index is 12.6. The molecule has 0 bridgehead atoms. The highest BCUT2D eigenvalue weighted by Crippen LogP contribution is 2.32. The Balaban J connectivity index is 1.98. The molecular formula is C22H23F3N4O3. The van der Waals surface area contributed by atoms with Gasteiger partial charge in [-0.25, -0.2) is 4.98 Å². The Bertz CT molecular complexity index is 1070. The molecule has 0 aliphatic carbocycles. The van der Waals surface area contributed by atoms with Gasteiger partial charge in [0.1, 0.15) is 11.6 Å². The summed E-state index contributed by atoms with van der Waals surface area (Å²) in [6.45, 7) is 3.85. The highest BCUT2D eigenvalue weighted by Gasteiger charge is 2.31. The summed E-state index contributed by atoms with van der Waals surface area (Å²) in [6, 6.07) is 12.6. The molecule has 0 radical (unpaired) electrons. The van der Waals surface area contributed by atoms with Crippen LogP contribution in [0.1, 0.15) is 13.8 Å². The minimum Gasteiger partial charge on any atom is -0.493 e. The quantitative estimate of drug-likeness (QED) is 0.463. The fourth-order valence-electron chi connectivity index (χ4n) is 2.90. The van der Waals surface area contributed by atoms with Crippen molar-refractivity contribution in [2.24, 2.45) is 0 Å². The first-order chi connectivity index (χ1) is 15.2. The van der Waals surface area contributed by atoms with Gasteiger partial charge >= 0.3 is 6.36 Å². The van der Waals surface area contributed by atoms with Crippen LogP contribution in [0.4, 0.5) is 30.6 Å². The molecule has 0 saturated heterocycles. The number of ether oxygens (including phenoxy) is 3. The molecule has 0 amide bonds. The van der Waals surface area contributed by atoms with Crippen molar-refractivity contribution in [3.63, 3.8) is 0 Å². The van der Waals surface area contributed by atoms with Gasteiger partial charge in [-0.1, -0.05) is 12.1 Å². The number of nitrogens with one attached hydrogen (secondary N) is 2. The van der Waals surface area contributed by atoms with Crippen LogP contribution in [0.25, 0.3) is 11.3 Å². The number of anilines is 3. The summed E-state index contributed by atoms with van der Waals surface area (Å²) in [5, 5.41) is 6.29. The minimum absolute atomic E-state index is 0.0408. The van der Waals surface area contributed by atoms with Gasteiger partial charge in [-0.15, -0.1) is 13.2 Å². The normalized spacial score (nSPS) is 11.2. The van der Waals surface area contributed by atoms with Crippen LogP contribution in [0.3, 0.4) is 0 Å². The number of benzene rings is 2. The number of halogens is 3. The molecule has 3 rings (SSSR count). The molecule has 0 spiro atoms. The number of aromatic nitrogens is 2. The lowest BCUT2D eigenvalue weighted by molar-refractivity contribution is -0.274. The Labute approximate surface area is 183 Å². The van der Waals surface area contributed by atoms with E-state index in [2.05, 4.69) is 25.3 Å². The van der Waals surface area contributed by atoms with Gasteiger partial charge in [0.15, 0.2) is 11.5 Å². The summed E-state index contributed by atoms with van der Waals surface area (Å²) in [5.74, 6) is 1.53. The predicted molar refractivity (Wildman–Crippen MR) is 116 cm³/mol. The van der Waals surface area contributed by atoms with Gasteiger partial charge in [-0.05, 0) is 38.1 Å². The van der Waals surface area contributed by atoms with Gasteiger partial charge in [0.2, 0.25) is 5.95 Å². The number of nitrogens with zero attached hydrogens (tertiary/aromatic N) is 2. The summed E-state index contributed by atoms with van der Waals surface area (Å²) in [5.41, 5.74) is 1.53. The average molecular weight is 448 g/mol. The van der Waals surface area contributed by atoms with E-state index in [1.165, 1.54) is 25.3 Å². The van der Waals surface area contributed by atoms with E-state index in [1.54, 1.807) is 37.4 Å². The highest BCUT2D eigenvalue weighted by atomic mass is 19.4. The Hall–Kier alpha value is -3.69. The number of alkyl halides is 3. The zero-order valence-electron chi connectivity index (χ0n) is 17.9. The van der Waals surface area contributed by atoms with E-state index in [1.807, 2.05) is 13.8 Å². The largest absolute Gasteiger partial charge is 0.573 e. The number of rotatable bonds is 8. The molecule has 0 saturated carbocycles. The first-order valence-electron chi connectivity index (χ1n) is 9.67. The van der Waals surface area contributed by atoms with Gasteiger partial charge in [0.05, 0.1) is 19.9 Å². The third-order valence-corrected chi connectivity index (χ3v) is 4.16. The lowest BCUT2D eigenvalue weighted by Gasteiger charge is -2.15. The van der Waals surface area contributed by atoms with E-state index in [9.17, 15) is 13.2 Å². The SMILES string of the molecule is COc1ccc(Nc2cc(-c3cccc(OC(F)(F)F)c3)nc(NC(C)C)n2)cc1OC. The molecule has 7 nitrogen and oxygen atoms in total. The third kappa shape index (κ3) is 6.16. The number of hydrogen-bond acceptors (Lipinski definition) is 7. The minimum atomic E-state index is -4.78. The molecule has 0 unspecified atom stereocenters. The molecule has 1 aromatic heterocycles. The van der Waals surface area contributed by atoms with Crippen molar-refractivity contribution < 1.29 is 27.4 Å². The van der Waals surface area contributed by atoms with Crippen molar-refractivity contribution in [3.8, 4) is 28.5 Å². The summed E-state index contributed by atoms with van der Waals surface area (Å²) in [7, 11) is 3.08. The first-order valence-corrected chi connectivity index (χ1v) is 9.67. The van der Waals surface area contributed by atoms with Gasteiger partial charge in [-0.3, -0.25) is 0 Å². The van der Waals surface area contributed by atoms with Crippen LogP contribution in [-0.2, 0) is 0 Å². The number of hydrogen-bond donors (Lipinski definition) is 2. The predicted octanol–water partition coefficient (Wildman–Crippen LogP) is 5.62. The summed E-state index contributed by atoms with van der Waals surface area (Å²) < 4.78 is 52.5. The van der Waals surface area contributed by atoms with Crippen molar-refractivity contribution in [1.29, 1.82) is 0 Å². The summed E-state index contributed by atoms with van der Waals surface area (Å²) >= 11 is 0. The maximum Gasteiger partial charge on any atom is 0.573 e. The van der Waals surface area contributed by atoms with Crippen LogP contribution < -0.4 is 24.8 Å². The van der Waals surface area contributed by atoms with Crippen molar-refractivity contribution >= 4 is 17.5 Å². The fraction of sp³-hybridized carbons (Fsp3) is 0.273. The molecule has 170 valence electrons. The van der Waals surface area contributed by atoms with Crippen LogP contribution in [0.2, 0.25) is 0 Å². The summed E-state index contributed by atoms with van der Waals surface area (Å²) in [4.78, 5) is 8.90. The van der Waals surface area contributed by atoms with E-state index in [4.69, 9.17) is 9.47 Å². The Morgan fingerprint density at radius 3 is 2.31 bits per heavy atom. The van der Waals surface area contributed by atoms with Crippen molar-refractivity contribution in [1.82, 2.24) is 9.97 Å². The van der Waals surface area contributed by atoms with Gasteiger partial charge in [-0.2, -0.15) is 4.98 Å². The van der Waals surface area contributed by atoms with Crippen molar-refractivity contribution in [2.75, 3.05) is 24.9 Å². The van der Waals surface area contributed by atoms with E-state index in [0.717, 1.165) is 0 Å². The second-order valence-electron chi connectivity index (χ2n) is 7.03. The van der Waals surface area contributed by atoms with E-state index >= 15 is 0 Å². The van der Waals surface area contributed by atoms with Crippen LogP contribution in [0.15, 0.2) is 48.5 Å². The molecule has 3 aromatic rings. The molecule has 0 atom stereocenters. The Morgan fingerprint density at radius 1 is 0.906 bits per heavy atom. The standard InChI is InChI=1S/C22H23F3N4O3/c1-13(2)26-21-28-17(14-6-5-7-16(10-14)32-22(23,24)25)12-20(29-21)27-15-8-9-18(30-3)19(11-15)31-4/h5-13H,1-4H3,(H2,26,27,28,29). The highest BCUT2D eigenvalue weighted by molar-refractivity contribution is 5.69. The summed E-state index contributed by atoms with van der Waals surface area (Å²) in [6.07, 6.45) is -4.78. The van der Waals surface area contributed by atoms with Crippen molar-refractivity contribution in [3.05, 3.63) is 48.5 Å². The van der Waals surface area contributed by atoms with Crippen LogP contribution in [0, 0.1) is 0 Å².